The number of allylic oxidation sites excluding steroid dienone is 3. The molecule has 0 amide bonds. The smallest absolute Gasteiger partial charge is 0.0498 e. The molecule has 0 aromatic carbocycles. The van der Waals surface area contributed by atoms with Gasteiger partial charge in [-0.3, -0.25) is 0 Å². The largest absolute Gasteiger partial charge is 0.321 e. The fraction of sp³-hybridized carbons (Fsp3) is 0.600. The zero-order valence-electron chi connectivity index (χ0n) is 14.0. The Morgan fingerprint density at radius 3 is 2.43 bits per heavy atom. The first-order valence-electron chi connectivity index (χ1n) is 8.13. The Bertz CT molecular complexity index is 583. The molecule has 0 radical (unpaired) electrons. The van der Waals surface area contributed by atoms with Crippen LogP contribution in [0, 0.1) is 28.6 Å². The van der Waals surface area contributed by atoms with Gasteiger partial charge < -0.3 is 5.73 Å². The topological polar surface area (TPSA) is 26.0 Å². The van der Waals surface area contributed by atoms with E-state index in [9.17, 15) is 0 Å². The summed E-state index contributed by atoms with van der Waals surface area (Å²) in [6.07, 6.45) is 6.70. The van der Waals surface area contributed by atoms with Crippen molar-refractivity contribution in [1.82, 2.24) is 0 Å². The van der Waals surface area contributed by atoms with Gasteiger partial charge in [-0.25, -0.2) is 0 Å². The molecule has 0 aliphatic heterocycles. The van der Waals surface area contributed by atoms with Gasteiger partial charge in [-0.15, -0.1) is 0 Å². The van der Waals surface area contributed by atoms with Crippen LogP contribution >= 0.6 is 0 Å². The van der Waals surface area contributed by atoms with E-state index in [1.165, 1.54) is 5.57 Å². The average molecular weight is 283 g/mol. The highest BCUT2D eigenvalue weighted by Crippen LogP contribution is 2.67. The van der Waals surface area contributed by atoms with Crippen molar-refractivity contribution in [2.24, 2.45) is 34.3 Å². The van der Waals surface area contributed by atoms with Crippen molar-refractivity contribution in [3.8, 4) is 0 Å². The van der Waals surface area contributed by atoms with E-state index in [-0.39, 0.29) is 16.4 Å². The summed E-state index contributed by atoms with van der Waals surface area (Å²) < 4.78 is 0. The Kier molecular flexibility index (Phi) is 2.83. The van der Waals surface area contributed by atoms with Crippen LogP contribution in [0.3, 0.4) is 0 Å². The normalized spacial score (nSPS) is 52.8. The van der Waals surface area contributed by atoms with Crippen molar-refractivity contribution in [3.63, 3.8) is 0 Å². The van der Waals surface area contributed by atoms with Gasteiger partial charge in [0.05, 0.1) is 0 Å². The van der Waals surface area contributed by atoms with E-state index in [2.05, 4.69) is 59.6 Å². The highest BCUT2D eigenvalue weighted by Gasteiger charge is 2.64. The van der Waals surface area contributed by atoms with Crippen LogP contribution in [-0.4, -0.2) is 5.54 Å². The van der Waals surface area contributed by atoms with Gasteiger partial charge in [-0.1, -0.05) is 65.2 Å². The number of nitrogens with two attached hydrogens (primary N) is 1. The molecule has 0 saturated heterocycles. The molecule has 0 aromatic heterocycles. The van der Waals surface area contributed by atoms with Gasteiger partial charge in [0, 0.05) is 11.0 Å². The lowest BCUT2D eigenvalue weighted by atomic mass is 9.57. The molecule has 21 heavy (non-hydrogen) atoms. The third-order valence-corrected chi connectivity index (χ3v) is 7.39. The minimum Gasteiger partial charge on any atom is -0.321 e. The molecule has 0 aromatic rings. The molecule has 3 aliphatic carbocycles. The second kappa shape index (κ2) is 4.01. The summed E-state index contributed by atoms with van der Waals surface area (Å²) in [4.78, 5) is 0. The predicted octanol–water partition coefficient (Wildman–Crippen LogP) is 4.63. The lowest BCUT2D eigenvalue weighted by Crippen LogP contribution is -2.59. The number of hydrogen-bond donors (Lipinski definition) is 1. The van der Waals surface area contributed by atoms with Crippen molar-refractivity contribution in [3.05, 3.63) is 48.6 Å². The molecule has 2 saturated carbocycles. The summed E-state index contributed by atoms with van der Waals surface area (Å²) in [5, 5.41) is 0. The van der Waals surface area contributed by atoms with Gasteiger partial charge in [0.2, 0.25) is 0 Å². The van der Waals surface area contributed by atoms with Crippen LogP contribution in [0.25, 0.3) is 0 Å². The SMILES string of the molecule is C=C1CC2(C)CC(C)C3C=CC(=C)C3(C)C(C)C2(N)C1=C. The van der Waals surface area contributed by atoms with Crippen LogP contribution in [0.4, 0.5) is 0 Å². The van der Waals surface area contributed by atoms with Crippen LogP contribution in [0.5, 0.6) is 0 Å². The maximum absolute atomic E-state index is 7.11. The second-order valence-electron chi connectivity index (χ2n) is 8.28. The molecule has 3 rings (SSSR count). The molecular formula is C20H29N. The van der Waals surface area contributed by atoms with E-state index in [1.54, 1.807) is 0 Å². The lowest BCUT2D eigenvalue weighted by Gasteiger charge is -2.50. The van der Waals surface area contributed by atoms with Gasteiger partial charge >= 0.3 is 0 Å². The molecule has 114 valence electrons. The number of fused-ring (bicyclic) bond motifs is 2. The molecule has 3 aliphatic rings. The lowest BCUT2D eigenvalue weighted by molar-refractivity contribution is 0.0910. The summed E-state index contributed by atoms with van der Waals surface area (Å²) in [6, 6.07) is 0. The summed E-state index contributed by atoms with van der Waals surface area (Å²) in [7, 11) is 0. The van der Waals surface area contributed by atoms with Gasteiger partial charge in [0.25, 0.3) is 0 Å². The maximum atomic E-state index is 7.11. The van der Waals surface area contributed by atoms with Crippen molar-refractivity contribution in [2.45, 2.75) is 46.1 Å². The Labute approximate surface area is 129 Å². The Morgan fingerprint density at radius 1 is 1.19 bits per heavy atom. The zero-order valence-corrected chi connectivity index (χ0v) is 14.0. The van der Waals surface area contributed by atoms with E-state index in [0.29, 0.717) is 17.8 Å². The van der Waals surface area contributed by atoms with Gasteiger partial charge in [0.15, 0.2) is 0 Å². The first-order valence-corrected chi connectivity index (χ1v) is 8.13. The van der Waals surface area contributed by atoms with Crippen molar-refractivity contribution in [2.75, 3.05) is 0 Å². The summed E-state index contributed by atoms with van der Waals surface area (Å²) in [5.41, 5.74) is 10.3. The second-order valence-corrected chi connectivity index (χ2v) is 8.28. The molecule has 6 unspecified atom stereocenters. The minimum atomic E-state index is -0.378. The predicted molar refractivity (Wildman–Crippen MR) is 90.7 cm³/mol. The fourth-order valence-electron chi connectivity index (χ4n) is 5.88. The van der Waals surface area contributed by atoms with E-state index in [1.807, 2.05) is 0 Å². The van der Waals surface area contributed by atoms with Crippen molar-refractivity contribution < 1.29 is 0 Å². The summed E-state index contributed by atoms with van der Waals surface area (Å²) in [6.45, 7) is 22.3. The molecule has 1 nitrogen and oxygen atoms in total. The van der Waals surface area contributed by atoms with E-state index in [4.69, 9.17) is 5.73 Å². The third kappa shape index (κ3) is 1.46. The molecule has 0 heterocycles. The molecule has 1 heteroatoms. The molecular weight excluding hydrogens is 254 g/mol. The average Bonchev–Trinajstić information content (AvgIpc) is 2.78. The highest BCUT2D eigenvalue weighted by molar-refractivity contribution is 5.50. The monoisotopic (exact) mass is 283 g/mol. The van der Waals surface area contributed by atoms with E-state index < -0.39 is 0 Å². The first-order chi connectivity index (χ1) is 9.59. The van der Waals surface area contributed by atoms with E-state index in [0.717, 1.165) is 24.0 Å². The van der Waals surface area contributed by atoms with Crippen molar-refractivity contribution >= 4 is 0 Å². The molecule has 6 atom stereocenters. The summed E-state index contributed by atoms with van der Waals surface area (Å²) in [5.74, 6) is 1.44. The first kappa shape index (κ1) is 14.8. The van der Waals surface area contributed by atoms with E-state index >= 15 is 0 Å². The number of hydrogen-bond acceptors (Lipinski definition) is 1. The van der Waals surface area contributed by atoms with Crippen LogP contribution in [-0.2, 0) is 0 Å². The quantitative estimate of drug-likeness (QED) is 0.689. The molecule has 2 fully saturated rings. The number of rotatable bonds is 0. The van der Waals surface area contributed by atoms with Crippen LogP contribution < -0.4 is 5.73 Å². The van der Waals surface area contributed by atoms with Crippen LogP contribution in [0.1, 0.15) is 40.5 Å². The maximum Gasteiger partial charge on any atom is 0.0498 e. The fourth-order valence-corrected chi connectivity index (χ4v) is 5.88. The van der Waals surface area contributed by atoms with Gasteiger partial charge in [0.1, 0.15) is 0 Å². The standard InChI is InChI=1S/C20H29N/c1-12-10-18(6)11-13(2)17-9-8-14(3)19(17,7)16(5)20(18,21)15(12)4/h8-9,13,16-17H,1,3-4,10-11,21H2,2,5-7H3. The third-order valence-electron chi connectivity index (χ3n) is 7.39. The molecule has 0 bridgehead atoms. The Morgan fingerprint density at radius 2 is 1.81 bits per heavy atom. The van der Waals surface area contributed by atoms with Gasteiger partial charge in [-0.05, 0) is 47.2 Å². The Balaban J connectivity index is 2.23. The molecule has 0 spiro atoms. The Hall–Kier alpha value is -1.08. The van der Waals surface area contributed by atoms with Crippen LogP contribution in [0.15, 0.2) is 48.6 Å². The minimum absolute atomic E-state index is 0.0273. The van der Waals surface area contributed by atoms with Gasteiger partial charge in [-0.2, -0.15) is 0 Å². The zero-order chi connectivity index (χ0) is 15.8. The molecule has 2 N–H and O–H groups in total. The summed E-state index contributed by atoms with van der Waals surface area (Å²) >= 11 is 0. The highest BCUT2D eigenvalue weighted by atomic mass is 14.9. The van der Waals surface area contributed by atoms with Crippen molar-refractivity contribution in [1.29, 1.82) is 0 Å². The van der Waals surface area contributed by atoms with Crippen LogP contribution in [0.2, 0.25) is 0 Å².